The number of allylic oxidation sites excluding steroid dienone is 1. The van der Waals surface area contributed by atoms with Gasteiger partial charge in [0.15, 0.2) is 5.78 Å². The maximum absolute atomic E-state index is 12.3. The summed E-state index contributed by atoms with van der Waals surface area (Å²) in [5.74, 6) is 1.49. The molecule has 3 aromatic carbocycles. The number of rotatable bonds is 9. The van der Waals surface area contributed by atoms with Crippen molar-refractivity contribution in [3.63, 3.8) is 0 Å². The third-order valence-electron chi connectivity index (χ3n) is 5.27. The highest BCUT2D eigenvalue weighted by Crippen LogP contribution is 2.26. The SMILES string of the molecule is COc1ccc(/C=C/C(=O)c2cccnc2)cc1COc1ccccc1Cc1ccccc1. The molecule has 0 N–H and O–H groups in total. The molecule has 164 valence electrons. The molecule has 4 aromatic rings. The lowest BCUT2D eigenvalue weighted by Gasteiger charge is -2.14. The zero-order chi connectivity index (χ0) is 22.9. The van der Waals surface area contributed by atoms with Crippen LogP contribution < -0.4 is 9.47 Å². The highest BCUT2D eigenvalue weighted by Gasteiger charge is 2.09. The number of methoxy groups -OCH3 is 1. The summed E-state index contributed by atoms with van der Waals surface area (Å²) in [6.07, 6.45) is 7.36. The van der Waals surface area contributed by atoms with Crippen LogP contribution >= 0.6 is 0 Å². The van der Waals surface area contributed by atoms with Crippen LogP contribution in [0.5, 0.6) is 11.5 Å². The minimum atomic E-state index is -0.0912. The number of pyridine rings is 1. The van der Waals surface area contributed by atoms with E-state index in [4.69, 9.17) is 9.47 Å². The lowest BCUT2D eigenvalue weighted by molar-refractivity contribution is 0.104. The standard InChI is InChI=1S/C29H25NO3/c1-32-28-16-14-23(13-15-27(31)25-11-7-17-30-20-25)19-26(28)21-33-29-12-6-5-10-24(29)18-22-8-3-2-4-9-22/h2-17,19-20H,18,21H2,1H3/b15-13+. The van der Waals surface area contributed by atoms with Crippen LogP contribution in [0, 0.1) is 0 Å². The molecule has 0 unspecified atom stereocenters. The molecule has 0 atom stereocenters. The van der Waals surface area contributed by atoms with Crippen molar-refractivity contribution in [2.45, 2.75) is 13.0 Å². The second-order valence-corrected chi connectivity index (χ2v) is 7.57. The van der Waals surface area contributed by atoms with Crippen molar-refractivity contribution in [1.29, 1.82) is 0 Å². The summed E-state index contributed by atoms with van der Waals surface area (Å²) < 4.78 is 11.7. The number of ketones is 1. The molecule has 4 nitrogen and oxygen atoms in total. The Kier molecular flexibility index (Phi) is 7.29. The van der Waals surface area contributed by atoms with Crippen LogP contribution in [-0.2, 0) is 13.0 Å². The number of ether oxygens (including phenoxy) is 2. The van der Waals surface area contributed by atoms with Gasteiger partial charge in [-0.15, -0.1) is 0 Å². The quantitative estimate of drug-likeness (QED) is 0.233. The van der Waals surface area contributed by atoms with E-state index in [2.05, 4.69) is 23.2 Å². The van der Waals surface area contributed by atoms with E-state index in [1.165, 1.54) is 5.56 Å². The van der Waals surface area contributed by atoms with Gasteiger partial charge in [-0.05, 0) is 53.1 Å². The first-order chi connectivity index (χ1) is 16.2. The number of carbonyl (C=O) groups excluding carboxylic acids is 1. The molecule has 33 heavy (non-hydrogen) atoms. The van der Waals surface area contributed by atoms with Gasteiger partial charge >= 0.3 is 0 Å². The highest BCUT2D eigenvalue weighted by molar-refractivity contribution is 6.06. The third-order valence-corrected chi connectivity index (χ3v) is 5.27. The normalized spacial score (nSPS) is 10.8. The van der Waals surface area contributed by atoms with Crippen molar-refractivity contribution < 1.29 is 14.3 Å². The fourth-order valence-corrected chi connectivity index (χ4v) is 3.55. The maximum Gasteiger partial charge on any atom is 0.187 e. The predicted octanol–water partition coefficient (Wildman–Crippen LogP) is 6.16. The first-order valence-corrected chi connectivity index (χ1v) is 10.8. The summed E-state index contributed by atoms with van der Waals surface area (Å²) >= 11 is 0. The molecule has 0 saturated carbocycles. The number of nitrogens with zero attached hydrogens (tertiary/aromatic N) is 1. The first-order valence-electron chi connectivity index (χ1n) is 10.8. The Labute approximate surface area is 194 Å². The Bertz CT molecular complexity index is 1230. The number of hydrogen-bond donors (Lipinski definition) is 0. The molecule has 0 fully saturated rings. The molecule has 1 heterocycles. The average molecular weight is 436 g/mol. The lowest BCUT2D eigenvalue weighted by Crippen LogP contribution is -2.02. The lowest BCUT2D eigenvalue weighted by atomic mass is 10.0. The van der Waals surface area contributed by atoms with E-state index in [0.717, 1.165) is 34.6 Å². The number of benzene rings is 3. The smallest absolute Gasteiger partial charge is 0.187 e. The van der Waals surface area contributed by atoms with Crippen molar-refractivity contribution in [2.75, 3.05) is 7.11 Å². The van der Waals surface area contributed by atoms with Gasteiger partial charge in [0, 0.05) is 29.9 Å². The van der Waals surface area contributed by atoms with Crippen molar-refractivity contribution in [2.24, 2.45) is 0 Å². The van der Waals surface area contributed by atoms with E-state index < -0.39 is 0 Å². The van der Waals surface area contributed by atoms with Crippen LogP contribution in [0.1, 0.15) is 32.6 Å². The van der Waals surface area contributed by atoms with Crippen molar-refractivity contribution >= 4 is 11.9 Å². The van der Waals surface area contributed by atoms with Crippen LogP contribution in [0.15, 0.2) is 103 Å². The number of aromatic nitrogens is 1. The molecule has 1 aromatic heterocycles. The monoisotopic (exact) mass is 435 g/mol. The van der Waals surface area contributed by atoms with Crippen molar-refractivity contribution in [3.05, 3.63) is 131 Å². The third kappa shape index (κ3) is 5.95. The Hall–Kier alpha value is -4.18. The van der Waals surface area contributed by atoms with Gasteiger partial charge in [0.2, 0.25) is 0 Å². The molecule has 0 spiro atoms. The van der Waals surface area contributed by atoms with E-state index >= 15 is 0 Å². The van der Waals surface area contributed by atoms with Crippen LogP contribution in [0.3, 0.4) is 0 Å². The van der Waals surface area contributed by atoms with Crippen LogP contribution in [0.2, 0.25) is 0 Å². The van der Waals surface area contributed by atoms with Crippen molar-refractivity contribution in [1.82, 2.24) is 4.98 Å². The van der Waals surface area contributed by atoms with E-state index in [1.807, 2.05) is 54.6 Å². The summed E-state index contributed by atoms with van der Waals surface area (Å²) in [4.78, 5) is 16.3. The van der Waals surface area contributed by atoms with Crippen LogP contribution in [0.25, 0.3) is 6.08 Å². The maximum atomic E-state index is 12.3. The van der Waals surface area contributed by atoms with Gasteiger partial charge < -0.3 is 9.47 Å². The molecule has 0 amide bonds. The fourth-order valence-electron chi connectivity index (χ4n) is 3.55. The Morgan fingerprint density at radius 3 is 2.48 bits per heavy atom. The van der Waals surface area contributed by atoms with Gasteiger partial charge in [-0.3, -0.25) is 9.78 Å². The number of para-hydroxylation sites is 1. The first kappa shape index (κ1) is 22.0. The largest absolute Gasteiger partial charge is 0.496 e. The van der Waals surface area contributed by atoms with E-state index in [0.29, 0.717) is 12.2 Å². The summed E-state index contributed by atoms with van der Waals surface area (Å²) in [6.45, 7) is 0.354. The highest BCUT2D eigenvalue weighted by atomic mass is 16.5. The fraction of sp³-hybridized carbons (Fsp3) is 0.103. The molecule has 0 bridgehead atoms. The van der Waals surface area contributed by atoms with E-state index in [-0.39, 0.29) is 5.78 Å². The molecular weight excluding hydrogens is 410 g/mol. The minimum absolute atomic E-state index is 0.0912. The number of carbonyl (C=O) groups is 1. The Morgan fingerprint density at radius 2 is 1.70 bits per heavy atom. The zero-order valence-electron chi connectivity index (χ0n) is 18.5. The molecule has 0 saturated heterocycles. The topological polar surface area (TPSA) is 48.4 Å². The van der Waals surface area contributed by atoms with Crippen molar-refractivity contribution in [3.8, 4) is 11.5 Å². The average Bonchev–Trinajstić information content (AvgIpc) is 2.88. The molecular formula is C29H25NO3. The molecule has 0 aliphatic carbocycles. The summed E-state index contributed by atoms with van der Waals surface area (Å²) in [7, 11) is 1.64. The molecule has 4 heteroatoms. The number of hydrogen-bond acceptors (Lipinski definition) is 4. The van der Waals surface area contributed by atoms with Gasteiger partial charge in [0.1, 0.15) is 18.1 Å². The van der Waals surface area contributed by atoms with Crippen LogP contribution in [0.4, 0.5) is 0 Å². The van der Waals surface area contributed by atoms with E-state index in [9.17, 15) is 4.79 Å². The second-order valence-electron chi connectivity index (χ2n) is 7.57. The zero-order valence-corrected chi connectivity index (χ0v) is 18.5. The molecule has 4 rings (SSSR count). The second kappa shape index (κ2) is 10.9. The summed E-state index contributed by atoms with van der Waals surface area (Å²) in [6, 6.07) is 27.7. The van der Waals surface area contributed by atoms with Gasteiger partial charge in [0.25, 0.3) is 0 Å². The van der Waals surface area contributed by atoms with E-state index in [1.54, 1.807) is 43.8 Å². The Morgan fingerprint density at radius 1 is 0.879 bits per heavy atom. The van der Waals surface area contributed by atoms with Gasteiger partial charge in [-0.25, -0.2) is 0 Å². The molecule has 0 aliphatic rings. The van der Waals surface area contributed by atoms with Gasteiger partial charge in [0.05, 0.1) is 7.11 Å². The predicted molar refractivity (Wildman–Crippen MR) is 131 cm³/mol. The Balaban J connectivity index is 1.49. The summed E-state index contributed by atoms with van der Waals surface area (Å²) in [5, 5.41) is 0. The molecule has 0 aliphatic heterocycles. The van der Waals surface area contributed by atoms with Gasteiger partial charge in [-0.2, -0.15) is 0 Å². The molecule has 0 radical (unpaired) electrons. The minimum Gasteiger partial charge on any atom is -0.496 e. The van der Waals surface area contributed by atoms with Gasteiger partial charge in [-0.1, -0.05) is 60.7 Å². The summed E-state index contributed by atoms with van der Waals surface area (Å²) in [5.41, 5.74) is 4.71. The van der Waals surface area contributed by atoms with Crippen LogP contribution in [-0.4, -0.2) is 17.9 Å².